The van der Waals surface area contributed by atoms with Crippen LogP contribution >= 0.6 is 0 Å². The Balaban J connectivity index is 1.41. The molecule has 4 aromatic rings. The molecule has 1 atom stereocenters. The topological polar surface area (TPSA) is 56.1 Å². The van der Waals surface area contributed by atoms with Gasteiger partial charge in [0.25, 0.3) is 5.91 Å². The highest BCUT2D eigenvalue weighted by Crippen LogP contribution is 2.22. The molecule has 0 spiro atoms. The zero-order valence-corrected chi connectivity index (χ0v) is 18.6. The normalized spacial score (nSPS) is 11.9. The van der Waals surface area contributed by atoms with E-state index in [1.54, 1.807) is 0 Å². The number of nitrogens with one attached hydrogen (secondary N) is 1. The Morgan fingerprint density at radius 3 is 2.47 bits per heavy atom. The van der Waals surface area contributed by atoms with Gasteiger partial charge in [-0.15, -0.1) is 0 Å². The number of aromatic nitrogens is 2. The lowest BCUT2D eigenvalue weighted by Crippen LogP contribution is -2.28. The third kappa shape index (κ3) is 5.17. The van der Waals surface area contributed by atoms with Crippen LogP contribution in [0.15, 0.2) is 78.9 Å². The van der Waals surface area contributed by atoms with Crippen LogP contribution in [0.5, 0.6) is 5.75 Å². The first-order valence-electron chi connectivity index (χ1n) is 11.1. The highest BCUT2D eigenvalue weighted by Gasteiger charge is 2.18. The molecule has 1 N–H and O–H groups in total. The summed E-state index contributed by atoms with van der Waals surface area (Å²) in [5.41, 5.74) is 3.91. The van der Waals surface area contributed by atoms with E-state index in [1.807, 2.05) is 67.6 Å². The van der Waals surface area contributed by atoms with Gasteiger partial charge in [-0.25, -0.2) is 4.98 Å². The fourth-order valence-electron chi connectivity index (χ4n) is 3.79. The Morgan fingerprint density at radius 2 is 1.69 bits per heavy atom. The van der Waals surface area contributed by atoms with E-state index in [2.05, 4.69) is 35.0 Å². The van der Waals surface area contributed by atoms with Crippen LogP contribution in [-0.2, 0) is 6.54 Å². The van der Waals surface area contributed by atoms with E-state index >= 15 is 0 Å². The average molecular weight is 428 g/mol. The molecular weight excluding hydrogens is 398 g/mol. The fraction of sp³-hybridized carbons (Fsp3) is 0.259. The summed E-state index contributed by atoms with van der Waals surface area (Å²) in [4.78, 5) is 17.5. The van der Waals surface area contributed by atoms with E-state index in [0.29, 0.717) is 12.2 Å². The first-order valence-corrected chi connectivity index (χ1v) is 11.1. The molecular formula is C27H29N3O2. The molecule has 164 valence electrons. The van der Waals surface area contributed by atoms with Gasteiger partial charge in [0.15, 0.2) is 0 Å². The van der Waals surface area contributed by atoms with Crippen LogP contribution < -0.4 is 10.1 Å². The van der Waals surface area contributed by atoms with Crippen molar-refractivity contribution in [3.63, 3.8) is 0 Å². The Labute approximate surface area is 189 Å². The Bertz CT molecular complexity index is 1170. The predicted molar refractivity (Wildman–Crippen MR) is 128 cm³/mol. The van der Waals surface area contributed by atoms with E-state index in [4.69, 9.17) is 9.72 Å². The lowest BCUT2D eigenvalue weighted by molar-refractivity contribution is 0.0937. The van der Waals surface area contributed by atoms with Crippen molar-refractivity contribution in [1.82, 2.24) is 14.9 Å². The van der Waals surface area contributed by atoms with Gasteiger partial charge in [0.05, 0.1) is 23.7 Å². The number of rotatable bonds is 9. The summed E-state index contributed by atoms with van der Waals surface area (Å²) in [6.45, 7) is 5.54. The van der Waals surface area contributed by atoms with Crippen LogP contribution in [0.1, 0.15) is 47.6 Å². The summed E-state index contributed by atoms with van der Waals surface area (Å²) in [5, 5.41) is 3.09. The summed E-state index contributed by atoms with van der Waals surface area (Å²) in [5.74, 6) is 1.68. The molecule has 32 heavy (non-hydrogen) atoms. The van der Waals surface area contributed by atoms with E-state index in [9.17, 15) is 4.79 Å². The fourth-order valence-corrected chi connectivity index (χ4v) is 3.79. The summed E-state index contributed by atoms with van der Waals surface area (Å²) < 4.78 is 8.08. The van der Waals surface area contributed by atoms with E-state index < -0.39 is 0 Å². The molecule has 0 radical (unpaired) electrons. The van der Waals surface area contributed by atoms with Gasteiger partial charge >= 0.3 is 0 Å². The largest absolute Gasteiger partial charge is 0.494 e. The van der Waals surface area contributed by atoms with Crippen molar-refractivity contribution < 1.29 is 9.53 Å². The minimum Gasteiger partial charge on any atom is -0.494 e. The average Bonchev–Trinajstić information content (AvgIpc) is 3.19. The first-order chi connectivity index (χ1) is 15.6. The molecule has 0 bridgehead atoms. The van der Waals surface area contributed by atoms with Gasteiger partial charge in [0, 0.05) is 12.1 Å². The van der Waals surface area contributed by atoms with Gasteiger partial charge in [-0.2, -0.15) is 0 Å². The third-order valence-electron chi connectivity index (χ3n) is 5.52. The van der Waals surface area contributed by atoms with Crippen molar-refractivity contribution in [2.75, 3.05) is 6.61 Å². The molecule has 1 aromatic heterocycles. The summed E-state index contributed by atoms with van der Waals surface area (Å²) in [6.07, 6.45) is 1.89. The number of fused-ring (bicyclic) bond motifs is 1. The van der Waals surface area contributed by atoms with Crippen LogP contribution in [0, 0.1) is 6.92 Å². The number of amides is 1. The first kappa shape index (κ1) is 21.6. The second kappa shape index (κ2) is 10.1. The number of imidazole rings is 1. The third-order valence-corrected chi connectivity index (χ3v) is 5.52. The standard InChI is InChI=1S/C27H29N3O2/c1-20-14-16-23(17-15-20)32-19-9-8-18-30-25-13-7-6-12-24(25)29-26(30)21(2)28-27(31)22-10-4-3-5-11-22/h3-7,10-17,21H,8-9,18-19H2,1-2H3,(H,28,31). The molecule has 5 heteroatoms. The maximum absolute atomic E-state index is 12.6. The van der Waals surface area contributed by atoms with Crippen molar-refractivity contribution in [3.05, 3.63) is 95.8 Å². The van der Waals surface area contributed by atoms with Crippen molar-refractivity contribution in [3.8, 4) is 5.75 Å². The van der Waals surface area contributed by atoms with Crippen LogP contribution in [0.4, 0.5) is 0 Å². The monoisotopic (exact) mass is 427 g/mol. The number of aryl methyl sites for hydroxylation is 2. The number of nitrogens with zero attached hydrogens (tertiary/aromatic N) is 2. The van der Waals surface area contributed by atoms with E-state index in [0.717, 1.165) is 42.0 Å². The molecule has 0 saturated carbocycles. The van der Waals surface area contributed by atoms with Gasteiger partial charge in [-0.1, -0.05) is 48.0 Å². The quantitative estimate of drug-likeness (QED) is 0.349. The molecule has 0 aliphatic carbocycles. The smallest absolute Gasteiger partial charge is 0.251 e. The second-order valence-corrected chi connectivity index (χ2v) is 8.04. The molecule has 0 aliphatic rings. The van der Waals surface area contributed by atoms with Crippen LogP contribution in [-0.4, -0.2) is 22.1 Å². The Kier molecular flexibility index (Phi) is 6.85. The zero-order chi connectivity index (χ0) is 22.3. The second-order valence-electron chi connectivity index (χ2n) is 8.04. The highest BCUT2D eigenvalue weighted by molar-refractivity contribution is 5.94. The van der Waals surface area contributed by atoms with Gasteiger partial charge in [0.1, 0.15) is 11.6 Å². The van der Waals surface area contributed by atoms with E-state index in [-0.39, 0.29) is 11.9 Å². The van der Waals surface area contributed by atoms with Gasteiger partial charge in [0.2, 0.25) is 0 Å². The molecule has 0 saturated heterocycles. The maximum Gasteiger partial charge on any atom is 0.251 e. The molecule has 1 amide bonds. The molecule has 1 heterocycles. The number of para-hydroxylation sites is 2. The highest BCUT2D eigenvalue weighted by atomic mass is 16.5. The Hall–Kier alpha value is -3.60. The van der Waals surface area contributed by atoms with Crippen molar-refractivity contribution in [2.45, 2.75) is 39.3 Å². The van der Waals surface area contributed by atoms with Crippen LogP contribution in [0.3, 0.4) is 0 Å². The van der Waals surface area contributed by atoms with Gasteiger partial charge in [-0.05, 0) is 63.1 Å². The zero-order valence-electron chi connectivity index (χ0n) is 18.6. The van der Waals surface area contributed by atoms with Crippen molar-refractivity contribution in [1.29, 1.82) is 0 Å². The number of unbranched alkanes of at least 4 members (excludes halogenated alkanes) is 1. The molecule has 0 fully saturated rings. The number of benzene rings is 3. The molecule has 1 unspecified atom stereocenters. The number of ether oxygens (including phenoxy) is 1. The van der Waals surface area contributed by atoms with E-state index in [1.165, 1.54) is 5.56 Å². The SMILES string of the molecule is Cc1ccc(OCCCCn2c(C(C)NC(=O)c3ccccc3)nc3ccccc32)cc1. The predicted octanol–water partition coefficient (Wildman–Crippen LogP) is 5.69. The van der Waals surface area contributed by atoms with Gasteiger partial charge < -0.3 is 14.6 Å². The maximum atomic E-state index is 12.6. The Morgan fingerprint density at radius 1 is 0.969 bits per heavy atom. The van der Waals surface area contributed by atoms with Gasteiger partial charge in [-0.3, -0.25) is 4.79 Å². The molecule has 5 nitrogen and oxygen atoms in total. The van der Waals surface area contributed by atoms with Crippen LogP contribution in [0.25, 0.3) is 11.0 Å². The number of carbonyl (C=O) groups is 1. The number of carbonyl (C=O) groups excluding carboxylic acids is 1. The molecule has 3 aromatic carbocycles. The van der Waals surface area contributed by atoms with Crippen LogP contribution in [0.2, 0.25) is 0 Å². The lowest BCUT2D eigenvalue weighted by Gasteiger charge is -2.16. The lowest BCUT2D eigenvalue weighted by atomic mass is 10.2. The van der Waals surface area contributed by atoms with Crippen molar-refractivity contribution in [2.24, 2.45) is 0 Å². The number of hydrogen-bond donors (Lipinski definition) is 1. The summed E-state index contributed by atoms with van der Waals surface area (Å²) in [7, 11) is 0. The summed E-state index contributed by atoms with van der Waals surface area (Å²) >= 11 is 0. The molecule has 0 aliphatic heterocycles. The minimum atomic E-state index is -0.209. The molecule has 4 rings (SSSR count). The van der Waals surface area contributed by atoms with Crippen molar-refractivity contribution >= 4 is 16.9 Å². The minimum absolute atomic E-state index is 0.0943. The summed E-state index contributed by atoms with van der Waals surface area (Å²) in [6, 6.07) is 25.3. The number of hydrogen-bond acceptors (Lipinski definition) is 3.